The average molecular weight is 288 g/mol. The zero-order valence-corrected chi connectivity index (χ0v) is 11.3. The van der Waals surface area contributed by atoms with Crippen molar-refractivity contribution < 1.29 is 9.34 Å². The van der Waals surface area contributed by atoms with Crippen molar-refractivity contribution in [2.75, 3.05) is 0 Å². The minimum absolute atomic E-state index is 0.0442. The lowest BCUT2D eigenvalue weighted by Gasteiger charge is -2.00. The van der Waals surface area contributed by atoms with Gasteiger partial charge in [-0.05, 0) is 12.5 Å². The van der Waals surface area contributed by atoms with Gasteiger partial charge in [0.2, 0.25) is 0 Å². The fourth-order valence-electron chi connectivity index (χ4n) is 2.14. The monoisotopic (exact) mass is 287 g/mol. The molecule has 3 rings (SSSR count). The lowest BCUT2D eigenvalue weighted by Crippen LogP contribution is -1.87. The Bertz CT molecular complexity index is 806. The molecule has 0 fully saturated rings. The van der Waals surface area contributed by atoms with Crippen LogP contribution < -0.4 is 0 Å². The molecule has 0 unspecified atom stereocenters. The Morgan fingerprint density at radius 3 is 2.55 bits per heavy atom. The summed E-state index contributed by atoms with van der Waals surface area (Å²) >= 11 is 6.03. The normalized spacial score (nSPS) is 10.9. The van der Waals surface area contributed by atoms with Crippen LogP contribution >= 0.6 is 11.6 Å². The molecule has 1 aromatic heterocycles. The second kappa shape index (κ2) is 4.65. The molecule has 1 heterocycles. The number of fused-ring (bicyclic) bond motifs is 1. The second-order valence-electron chi connectivity index (χ2n) is 4.58. The minimum Gasteiger partial charge on any atom is -0.462 e. The summed E-state index contributed by atoms with van der Waals surface area (Å²) in [6, 6.07) is 10.6. The van der Waals surface area contributed by atoms with Crippen molar-refractivity contribution in [1.29, 1.82) is 0 Å². The predicted molar refractivity (Wildman–Crippen MR) is 78.1 cm³/mol. The molecule has 0 amide bonds. The average Bonchev–Trinajstić information content (AvgIpc) is 2.84. The topological polar surface area (TPSA) is 56.3 Å². The van der Waals surface area contributed by atoms with Crippen LogP contribution in [0.4, 0.5) is 5.69 Å². The molecule has 0 aliphatic rings. The Hall–Kier alpha value is -2.33. The highest BCUT2D eigenvalue weighted by molar-refractivity contribution is 6.35. The van der Waals surface area contributed by atoms with Gasteiger partial charge >= 0.3 is 0 Å². The maximum atomic E-state index is 10.9. The molecule has 0 atom stereocenters. The van der Waals surface area contributed by atoms with Crippen molar-refractivity contribution in [3.05, 3.63) is 63.4 Å². The molecular formula is C15H10ClNO3. The van der Waals surface area contributed by atoms with E-state index in [2.05, 4.69) is 0 Å². The number of furan rings is 1. The van der Waals surface area contributed by atoms with E-state index in [-0.39, 0.29) is 10.7 Å². The molecule has 0 radical (unpaired) electrons. The van der Waals surface area contributed by atoms with E-state index in [9.17, 15) is 10.1 Å². The Morgan fingerprint density at radius 1 is 1.20 bits per heavy atom. The molecule has 0 saturated heterocycles. The number of nitrogens with zero attached hydrogens (tertiary/aromatic N) is 1. The SMILES string of the molecule is Cc1ccc(-c2coc3c(Cl)cc([N+](=O)[O-])cc23)cc1. The molecule has 0 bridgehead atoms. The van der Waals surface area contributed by atoms with Gasteiger partial charge in [-0.1, -0.05) is 41.4 Å². The number of aryl methyl sites for hydroxylation is 1. The van der Waals surface area contributed by atoms with Crippen molar-refractivity contribution in [2.24, 2.45) is 0 Å². The molecule has 20 heavy (non-hydrogen) atoms. The maximum absolute atomic E-state index is 10.9. The number of hydrogen-bond donors (Lipinski definition) is 0. The summed E-state index contributed by atoms with van der Waals surface area (Å²) < 4.78 is 5.44. The predicted octanol–water partition coefficient (Wildman–Crippen LogP) is 4.97. The molecule has 5 heteroatoms. The van der Waals surface area contributed by atoms with Gasteiger partial charge in [0.15, 0.2) is 5.58 Å². The van der Waals surface area contributed by atoms with Crippen LogP contribution in [0.25, 0.3) is 22.1 Å². The zero-order chi connectivity index (χ0) is 14.3. The highest BCUT2D eigenvalue weighted by Gasteiger charge is 2.16. The van der Waals surface area contributed by atoms with Gasteiger partial charge in [0, 0.05) is 23.1 Å². The van der Waals surface area contributed by atoms with E-state index >= 15 is 0 Å². The van der Waals surface area contributed by atoms with Crippen molar-refractivity contribution in [1.82, 2.24) is 0 Å². The summed E-state index contributed by atoms with van der Waals surface area (Å²) in [6.45, 7) is 2.00. The first kappa shape index (κ1) is 12.7. The molecule has 2 aromatic carbocycles. The van der Waals surface area contributed by atoms with Gasteiger partial charge in [-0.25, -0.2) is 0 Å². The summed E-state index contributed by atoms with van der Waals surface area (Å²) in [5.74, 6) is 0. The Morgan fingerprint density at radius 2 is 1.90 bits per heavy atom. The molecule has 0 N–H and O–H groups in total. The van der Waals surface area contributed by atoms with Crippen molar-refractivity contribution in [3.63, 3.8) is 0 Å². The van der Waals surface area contributed by atoms with E-state index in [1.165, 1.54) is 12.1 Å². The molecule has 0 saturated carbocycles. The highest BCUT2D eigenvalue weighted by Crippen LogP contribution is 2.37. The fourth-order valence-corrected chi connectivity index (χ4v) is 2.40. The molecule has 0 aliphatic heterocycles. The van der Waals surface area contributed by atoms with Crippen LogP contribution in [0.15, 0.2) is 47.1 Å². The number of nitro benzene ring substituents is 1. The summed E-state index contributed by atoms with van der Waals surface area (Å²) in [4.78, 5) is 10.5. The third-order valence-corrected chi connectivity index (χ3v) is 3.47. The van der Waals surface area contributed by atoms with E-state index in [1.807, 2.05) is 31.2 Å². The van der Waals surface area contributed by atoms with Crippen molar-refractivity contribution >= 4 is 28.3 Å². The Kier molecular flexibility index (Phi) is 2.95. The smallest absolute Gasteiger partial charge is 0.271 e. The van der Waals surface area contributed by atoms with E-state index in [0.29, 0.717) is 11.0 Å². The summed E-state index contributed by atoms with van der Waals surface area (Å²) in [6.07, 6.45) is 1.57. The number of hydrogen-bond acceptors (Lipinski definition) is 3. The number of halogens is 1. The van der Waals surface area contributed by atoms with Gasteiger partial charge in [0.25, 0.3) is 5.69 Å². The van der Waals surface area contributed by atoms with Crippen LogP contribution in [0, 0.1) is 17.0 Å². The maximum Gasteiger partial charge on any atom is 0.271 e. The third-order valence-electron chi connectivity index (χ3n) is 3.19. The quantitative estimate of drug-likeness (QED) is 0.494. The lowest BCUT2D eigenvalue weighted by molar-refractivity contribution is -0.384. The van der Waals surface area contributed by atoms with Gasteiger partial charge in [0.1, 0.15) is 0 Å². The first-order valence-corrected chi connectivity index (χ1v) is 6.36. The summed E-state index contributed by atoms with van der Waals surface area (Å²) in [7, 11) is 0. The standard InChI is InChI=1S/C15H10ClNO3/c1-9-2-4-10(5-3-9)13-8-20-15-12(13)6-11(17(18)19)7-14(15)16/h2-8H,1H3. The Balaban J connectivity index is 2.26. The van der Waals surface area contributed by atoms with E-state index in [0.717, 1.165) is 16.7 Å². The number of rotatable bonds is 2. The summed E-state index contributed by atoms with van der Waals surface area (Å²) in [5.41, 5.74) is 3.30. The number of benzene rings is 2. The highest BCUT2D eigenvalue weighted by atomic mass is 35.5. The minimum atomic E-state index is -0.461. The summed E-state index contributed by atoms with van der Waals surface area (Å²) in [5, 5.41) is 11.8. The van der Waals surface area contributed by atoms with Crippen LogP contribution in [0.3, 0.4) is 0 Å². The van der Waals surface area contributed by atoms with Gasteiger partial charge in [-0.2, -0.15) is 0 Å². The van der Waals surface area contributed by atoms with Crippen molar-refractivity contribution in [2.45, 2.75) is 6.92 Å². The molecule has 3 aromatic rings. The fraction of sp³-hybridized carbons (Fsp3) is 0.0667. The number of nitro groups is 1. The van der Waals surface area contributed by atoms with Crippen LogP contribution in [0.1, 0.15) is 5.56 Å². The van der Waals surface area contributed by atoms with E-state index < -0.39 is 4.92 Å². The van der Waals surface area contributed by atoms with Gasteiger partial charge in [0.05, 0.1) is 16.2 Å². The third kappa shape index (κ3) is 2.04. The first-order valence-electron chi connectivity index (χ1n) is 5.98. The zero-order valence-electron chi connectivity index (χ0n) is 10.6. The molecular weight excluding hydrogens is 278 g/mol. The van der Waals surface area contributed by atoms with Crippen LogP contribution in [0.5, 0.6) is 0 Å². The van der Waals surface area contributed by atoms with E-state index in [1.54, 1.807) is 6.26 Å². The second-order valence-corrected chi connectivity index (χ2v) is 4.98. The largest absolute Gasteiger partial charge is 0.462 e. The van der Waals surface area contributed by atoms with Crippen LogP contribution in [0.2, 0.25) is 5.02 Å². The van der Waals surface area contributed by atoms with Crippen LogP contribution in [-0.2, 0) is 0 Å². The Labute approximate surface area is 119 Å². The molecule has 100 valence electrons. The van der Waals surface area contributed by atoms with E-state index in [4.69, 9.17) is 16.0 Å². The number of non-ortho nitro benzene ring substituents is 1. The van der Waals surface area contributed by atoms with Gasteiger partial charge in [-0.15, -0.1) is 0 Å². The van der Waals surface area contributed by atoms with Gasteiger partial charge in [-0.3, -0.25) is 10.1 Å². The van der Waals surface area contributed by atoms with Crippen LogP contribution in [-0.4, -0.2) is 4.92 Å². The lowest BCUT2D eigenvalue weighted by atomic mass is 10.0. The molecule has 0 aliphatic carbocycles. The molecule has 0 spiro atoms. The van der Waals surface area contributed by atoms with Gasteiger partial charge < -0.3 is 4.42 Å². The molecule has 4 nitrogen and oxygen atoms in total. The van der Waals surface area contributed by atoms with Crippen molar-refractivity contribution in [3.8, 4) is 11.1 Å². The first-order chi connectivity index (χ1) is 9.56.